The Bertz CT molecular complexity index is 441. The van der Waals surface area contributed by atoms with Crippen molar-refractivity contribution < 1.29 is 18.7 Å². The SMILES string of the molecule is CCOC(=O)CCCC(=O)c1ccc(C)cc1F. The van der Waals surface area contributed by atoms with E-state index in [-0.39, 0.29) is 30.2 Å². The smallest absolute Gasteiger partial charge is 0.305 e. The van der Waals surface area contributed by atoms with Crippen LogP contribution in [0.15, 0.2) is 18.2 Å². The Hall–Kier alpha value is -1.71. The van der Waals surface area contributed by atoms with Gasteiger partial charge >= 0.3 is 5.97 Å². The normalized spacial score (nSPS) is 10.2. The zero-order valence-electron chi connectivity index (χ0n) is 10.7. The number of carbonyl (C=O) groups excluding carboxylic acids is 2. The molecule has 1 rings (SSSR count). The van der Waals surface area contributed by atoms with E-state index in [1.165, 1.54) is 12.1 Å². The molecule has 3 nitrogen and oxygen atoms in total. The van der Waals surface area contributed by atoms with E-state index in [4.69, 9.17) is 4.74 Å². The lowest BCUT2D eigenvalue weighted by Crippen LogP contribution is -2.07. The molecule has 0 aliphatic carbocycles. The number of benzene rings is 1. The predicted molar refractivity (Wildman–Crippen MR) is 66.0 cm³/mol. The van der Waals surface area contributed by atoms with Crippen LogP contribution < -0.4 is 0 Å². The second-order valence-electron chi connectivity index (χ2n) is 4.07. The maximum Gasteiger partial charge on any atom is 0.305 e. The van der Waals surface area contributed by atoms with Gasteiger partial charge in [0.2, 0.25) is 0 Å². The molecule has 0 unspecified atom stereocenters. The van der Waals surface area contributed by atoms with Crippen molar-refractivity contribution in [3.63, 3.8) is 0 Å². The van der Waals surface area contributed by atoms with Crippen molar-refractivity contribution in [1.82, 2.24) is 0 Å². The number of ketones is 1. The van der Waals surface area contributed by atoms with Crippen molar-refractivity contribution in [2.45, 2.75) is 33.1 Å². The zero-order chi connectivity index (χ0) is 13.5. The molecule has 0 bridgehead atoms. The molecule has 0 fully saturated rings. The Morgan fingerprint density at radius 2 is 2.00 bits per heavy atom. The van der Waals surface area contributed by atoms with Gasteiger partial charge < -0.3 is 4.74 Å². The van der Waals surface area contributed by atoms with Crippen LogP contribution in [-0.4, -0.2) is 18.4 Å². The van der Waals surface area contributed by atoms with E-state index >= 15 is 0 Å². The molecule has 0 N–H and O–H groups in total. The van der Waals surface area contributed by atoms with Crippen LogP contribution in [0, 0.1) is 12.7 Å². The standard InChI is InChI=1S/C14H17FO3/c1-3-18-14(17)6-4-5-13(16)11-8-7-10(2)9-12(11)15/h7-9H,3-6H2,1-2H3. The number of carbonyl (C=O) groups is 2. The fourth-order valence-electron chi connectivity index (χ4n) is 1.61. The molecule has 18 heavy (non-hydrogen) atoms. The van der Waals surface area contributed by atoms with E-state index in [0.29, 0.717) is 13.0 Å². The Labute approximate surface area is 106 Å². The van der Waals surface area contributed by atoms with Gasteiger partial charge in [0.05, 0.1) is 12.2 Å². The van der Waals surface area contributed by atoms with E-state index in [1.54, 1.807) is 19.9 Å². The summed E-state index contributed by atoms with van der Waals surface area (Å²) < 4.78 is 18.2. The van der Waals surface area contributed by atoms with Crippen LogP contribution in [0.5, 0.6) is 0 Å². The first-order chi connectivity index (χ1) is 8.54. The average Bonchev–Trinajstić information content (AvgIpc) is 2.29. The van der Waals surface area contributed by atoms with Crippen molar-refractivity contribution in [1.29, 1.82) is 0 Å². The monoisotopic (exact) mass is 252 g/mol. The first-order valence-electron chi connectivity index (χ1n) is 5.99. The predicted octanol–water partition coefficient (Wildman–Crippen LogP) is 3.05. The minimum absolute atomic E-state index is 0.0875. The molecule has 0 atom stereocenters. The van der Waals surface area contributed by atoms with Gasteiger partial charge in [-0.05, 0) is 38.0 Å². The molecule has 1 aromatic rings. The first kappa shape index (κ1) is 14.4. The third kappa shape index (κ3) is 4.28. The second-order valence-corrected chi connectivity index (χ2v) is 4.07. The second kappa shape index (κ2) is 6.89. The summed E-state index contributed by atoms with van der Waals surface area (Å²) in [5.74, 6) is -1.11. The number of rotatable bonds is 6. The van der Waals surface area contributed by atoms with Crippen LogP contribution in [0.4, 0.5) is 4.39 Å². The van der Waals surface area contributed by atoms with Gasteiger partial charge in [0, 0.05) is 12.8 Å². The molecule has 0 aliphatic heterocycles. The number of halogens is 1. The third-order valence-corrected chi connectivity index (χ3v) is 2.52. The minimum atomic E-state index is -0.504. The Balaban J connectivity index is 2.48. The van der Waals surface area contributed by atoms with Gasteiger partial charge in [-0.1, -0.05) is 6.07 Å². The highest BCUT2D eigenvalue weighted by molar-refractivity contribution is 5.96. The third-order valence-electron chi connectivity index (χ3n) is 2.52. The lowest BCUT2D eigenvalue weighted by atomic mass is 10.0. The molecule has 0 aromatic heterocycles. The summed E-state index contributed by atoms with van der Waals surface area (Å²) in [5.41, 5.74) is 0.861. The highest BCUT2D eigenvalue weighted by Gasteiger charge is 2.12. The molecule has 1 aromatic carbocycles. The average molecular weight is 252 g/mol. The summed E-state index contributed by atoms with van der Waals surface area (Å²) in [6, 6.07) is 4.51. The number of hydrogen-bond donors (Lipinski definition) is 0. The van der Waals surface area contributed by atoms with Crippen LogP contribution in [0.3, 0.4) is 0 Å². The maximum atomic E-state index is 13.5. The fraction of sp³-hybridized carbons (Fsp3) is 0.429. The van der Waals surface area contributed by atoms with Crippen molar-refractivity contribution in [3.8, 4) is 0 Å². The van der Waals surface area contributed by atoms with Crippen LogP contribution in [0.25, 0.3) is 0 Å². The lowest BCUT2D eigenvalue weighted by molar-refractivity contribution is -0.143. The summed E-state index contributed by atoms with van der Waals surface area (Å²) in [7, 11) is 0. The molecular weight excluding hydrogens is 235 g/mol. The summed E-state index contributed by atoms with van der Waals surface area (Å²) in [6.07, 6.45) is 0.719. The van der Waals surface area contributed by atoms with Crippen molar-refractivity contribution in [3.05, 3.63) is 35.1 Å². The largest absolute Gasteiger partial charge is 0.466 e. The van der Waals surface area contributed by atoms with Gasteiger partial charge in [-0.2, -0.15) is 0 Å². The van der Waals surface area contributed by atoms with Crippen molar-refractivity contribution in [2.75, 3.05) is 6.61 Å². The van der Waals surface area contributed by atoms with E-state index in [1.807, 2.05) is 0 Å². The van der Waals surface area contributed by atoms with Gasteiger partial charge in [0.15, 0.2) is 5.78 Å². The molecule has 4 heteroatoms. The zero-order valence-corrected chi connectivity index (χ0v) is 10.7. The van der Waals surface area contributed by atoms with Crippen LogP contribution in [0.1, 0.15) is 42.1 Å². The minimum Gasteiger partial charge on any atom is -0.466 e. The molecule has 0 aliphatic rings. The van der Waals surface area contributed by atoms with Crippen LogP contribution in [0.2, 0.25) is 0 Å². The van der Waals surface area contributed by atoms with E-state index in [0.717, 1.165) is 5.56 Å². The topological polar surface area (TPSA) is 43.4 Å². The molecular formula is C14H17FO3. The van der Waals surface area contributed by atoms with Gasteiger partial charge in [-0.15, -0.1) is 0 Å². The Morgan fingerprint density at radius 1 is 1.28 bits per heavy atom. The van der Waals surface area contributed by atoms with E-state index < -0.39 is 5.82 Å². The molecule has 0 saturated carbocycles. The Kier molecular flexibility index (Phi) is 5.49. The fourth-order valence-corrected chi connectivity index (χ4v) is 1.61. The number of aryl methyl sites for hydroxylation is 1. The van der Waals surface area contributed by atoms with Gasteiger partial charge in [0.25, 0.3) is 0 Å². The summed E-state index contributed by atoms with van der Waals surface area (Å²) >= 11 is 0. The number of ether oxygens (including phenoxy) is 1. The van der Waals surface area contributed by atoms with Gasteiger partial charge in [-0.25, -0.2) is 4.39 Å². The van der Waals surface area contributed by atoms with Crippen LogP contribution in [-0.2, 0) is 9.53 Å². The highest BCUT2D eigenvalue weighted by Crippen LogP contribution is 2.13. The molecule has 0 radical (unpaired) electrons. The van der Waals surface area contributed by atoms with Crippen molar-refractivity contribution >= 4 is 11.8 Å². The van der Waals surface area contributed by atoms with Gasteiger partial charge in [0.1, 0.15) is 5.82 Å². The quantitative estimate of drug-likeness (QED) is 0.577. The number of esters is 1. The van der Waals surface area contributed by atoms with Gasteiger partial charge in [-0.3, -0.25) is 9.59 Å². The highest BCUT2D eigenvalue weighted by atomic mass is 19.1. The van der Waals surface area contributed by atoms with E-state index in [2.05, 4.69) is 0 Å². The Morgan fingerprint density at radius 3 is 2.61 bits per heavy atom. The molecule has 0 spiro atoms. The number of Topliss-reactive ketones (excluding diaryl/α,β-unsaturated/α-hetero) is 1. The molecule has 0 amide bonds. The number of hydrogen-bond acceptors (Lipinski definition) is 3. The summed E-state index contributed by atoms with van der Waals surface area (Å²) in [5, 5.41) is 0. The maximum absolute atomic E-state index is 13.5. The first-order valence-corrected chi connectivity index (χ1v) is 5.99. The molecule has 0 heterocycles. The molecule has 98 valence electrons. The molecule has 0 saturated heterocycles. The summed E-state index contributed by atoms with van der Waals surface area (Å²) in [4.78, 5) is 22.8. The van der Waals surface area contributed by atoms with Crippen LogP contribution >= 0.6 is 0 Å². The summed E-state index contributed by atoms with van der Waals surface area (Å²) in [6.45, 7) is 3.82. The van der Waals surface area contributed by atoms with E-state index in [9.17, 15) is 14.0 Å². The lowest BCUT2D eigenvalue weighted by Gasteiger charge is -2.04. The van der Waals surface area contributed by atoms with Crippen molar-refractivity contribution in [2.24, 2.45) is 0 Å².